The van der Waals surface area contributed by atoms with Gasteiger partial charge in [-0.2, -0.15) is 0 Å². The molecule has 0 amide bonds. The molecule has 2 aromatic rings. The Hall–Kier alpha value is -2.06. The van der Waals surface area contributed by atoms with E-state index in [-0.39, 0.29) is 0 Å². The van der Waals surface area contributed by atoms with Crippen LogP contribution in [0.3, 0.4) is 0 Å². The highest BCUT2D eigenvalue weighted by Gasteiger charge is 2.21. The summed E-state index contributed by atoms with van der Waals surface area (Å²) in [5.74, 6) is 1.49. The summed E-state index contributed by atoms with van der Waals surface area (Å²) in [6, 6.07) is 1.86. The van der Waals surface area contributed by atoms with Crippen molar-refractivity contribution in [2.24, 2.45) is 5.92 Å². The van der Waals surface area contributed by atoms with Crippen LogP contribution < -0.4 is 10.2 Å². The molecule has 0 radical (unpaired) electrons. The van der Waals surface area contributed by atoms with Crippen LogP contribution in [0, 0.1) is 5.92 Å². The number of hydrogen-bond donors (Lipinski definition) is 1. The molecule has 4 rings (SSSR count). The topological polar surface area (TPSA) is 75.0 Å². The van der Waals surface area contributed by atoms with Crippen LogP contribution in [-0.4, -0.2) is 69.1 Å². The van der Waals surface area contributed by atoms with Gasteiger partial charge < -0.3 is 10.2 Å². The predicted octanol–water partition coefficient (Wildman–Crippen LogP) is 0.780. The Morgan fingerprint density at radius 2 is 1.88 bits per heavy atom. The lowest BCUT2D eigenvalue weighted by Crippen LogP contribution is -2.36. The van der Waals surface area contributed by atoms with Crippen LogP contribution in [0.5, 0.6) is 0 Å². The summed E-state index contributed by atoms with van der Waals surface area (Å²) in [6.07, 6.45) is 9.25. The number of piperidine rings is 1. The van der Waals surface area contributed by atoms with Gasteiger partial charge >= 0.3 is 0 Å². The smallest absolute Gasteiger partial charge is 0.225 e. The maximum absolute atomic E-state index is 4.39. The zero-order chi connectivity index (χ0) is 17.6. The molecule has 0 atom stereocenters. The first-order chi connectivity index (χ1) is 12.9. The third-order valence-corrected chi connectivity index (χ3v) is 5.30. The number of aromatic nitrogens is 5. The molecule has 0 spiro atoms. The Balaban J connectivity index is 1.25. The lowest BCUT2D eigenvalue weighted by atomic mass is 9.97. The molecule has 2 fully saturated rings. The van der Waals surface area contributed by atoms with Gasteiger partial charge in [0.2, 0.25) is 5.95 Å². The van der Waals surface area contributed by atoms with Crippen molar-refractivity contribution in [1.82, 2.24) is 35.2 Å². The Morgan fingerprint density at radius 3 is 2.73 bits per heavy atom. The number of nitrogens with zero attached hydrogens (tertiary/aromatic N) is 7. The Kier molecular flexibility index (Phi) is 5.71. The molecule has 26 heavy (non-hydrogen) atoms. The van der Waals surface area contributed by atoms with Gasteiger partial charge in [-0.15, -0.1) is 5.10 Å². The maximum Gasteiger partial charge on any atom is 0.225 e. The van der Waals surface area contributed by atoms with Crippen molar-refractivity contribution in [2.75, 3.05) is 44.2 Å². The Bertz CT molecular complexity index is 657. The lowest BCUT2D eigenvalue weighted by Gasteiger charge is -2.31. The fraction of sp³-hybridized carbons (Fsp3) is 0.667. The van der Waals surface area contributed by atoms with Gasteiger partial charge in [-0.1, -0.05) is 5.21 Å². The average molecular weight is 356 g/mol. The van der Waals surface area contributed by atoms with Gasteiger partial charge in [-0.25, -0.2) is 9.97 Å². The van der Waals surface area contributed by atoms with Crippen LogP contribution in [0.2, 0.25) is 0 Å². The number of hydrogen-bond acceptors (Lipinski definition) is 7. The Morgan fingerprint density at radius 1 is 1.04 bits per heavy atom. The van der Waals surface area contributed by atoms with Crippen molar-refractivity contribution in [3.05, 3.63) is 30.4 Å². The van der Waals surface area contributed by atoms with E-state index in [0.29, 0.717) is 5.92 Å². The highest BCUT2D eigenvalue weighted by Crippen LogP contribution is 2.21. The summed E-state index contributed by atoms with van der Waals surface area (Å²) in [6.45, 7) is 8.30. The molecular weight excluding hydrogens is 328 g/mol. The van der Waals surface area contributed by atoms with E-state index in [2.05, 4.69) is 41.6 Å². The molecule has 0 saturated carbocycles. The van der Waals surface area contributed by atoms with Crippen LogP contribution in [0.25, 0.3) is 0 Å². The van der Waals surface area contributed by atoms with E-state index >= 15 is 0 Å². The van der Waals surface area contributed by atoms with Crippen molar-refractivity contribution >= 4 is 5.95 Å². The van der Waals surface area contributed by atoms with Gasteiger partial charge in [0.15, 0.2) is 0 Å². The van der Waals surface area contributed by atoms with Crippen molar-refractivity contribution in [1.29, 1.82) is 0 Å². The highest BCUT2D eigenvalue weighted by atomic mass is 15.4. The van der Waals surface area contributed by atoms with E-state index in [9.17, 15) is 0 Å². The van der Waals surface area contributed by atoms with Crippen molar-refractivity contribution in [3.8, 4) is 0 Å². The third-order valence-electron chi connectivity index (χ3n) is 5.30. The number of anilines is 1. The molecule has 4 heterocycles. The van der Waals surface area contributed by atoms with Crippen molar-refractivity contribution < 1.29 is 0 Å². The van der Waals surface area contributed by atoms with Crippen LogP contribution in [0.15, 0.2) is 24.7 Å². The molecular formula is C18H28N8. The summed E-state index contributed by atoms with van der Waals surface area (Å²) in [7, 11) is 0. The van der Waals surface area contributed by atoms with E-state index in [1.165, 1.54) is 6.42 Å². The van der Waals surface area contributed by atoms with Gasteiger partial charge in [0.25, 0.3) is 0 Å². The standard InChI is InChI=1S/C18H28N8/c1-6-20-18(21-7-1)25-10-3-16(4-11-25)13-26-15-17(22-23-26)14-24-9-2-5-19-8-12-24/h1,6-7,15-16,19H,2-5,8-14H2. The summed E-state index contributed by atoms with van der Waals surface area (Å²) in [4.78, 5) is 13.4. The second-order valence-corrected chi connectivity index (χ2v) is 7.29. The first kappa shape index (κ1) is 17.4. The van der Waals surface area contributed by atoms with E-state index in [1.807, 2.05) is 23.1 Å². The fourth-order valence-corrected chi connectivity index (χ4v) is 3.82. The molecule has 2 aliphatic heterocycles. The summed E-state index contributed by atoms with van der Waals surface area (Å²) in [5, 5.41) is 12.2. The number of nitrogens with one attached hydrogen (secondary N) is 1. The van der Waals surface area contributed by atoms with Gasteiger partial charge in [-0.3, -0.25) is 9.58 Å². The van der Waals surface area contributed by atoms with E-state index < -0.39 is 0 Å². The molecule has 2 saturated heterocycles. The molecule has 8 heteroatoms. The zero-order valence-electron chi connectivity index (χ0n) is 15.3. The molecule has 2 aromatic heterocycles. The molecule has 0 bridgehead atoms. The monoisotopic (exact) mass is 356 g/mol. The molecule has 1 N–H and O–H groups in total. The molecule has 0 aromatic carbocycles. The summed E-state index contributed by atoms with van der Waals surface area (Å²) >= 11 is 0. The minimum absolute atomic E-state index is 0.645. The molecule has 8 nitrogen and oxygen atoms in total. The summed E-state index contributed by atoms with van der Waals surface area (Å²) < 4.78 is 2.03. The third kappa shape index (κ3) is 4.56. The van der Waals surface area contributed by atoms with E-state index in [4.69, 9.17) is 0 Å². The van der Waals surface area contributed by atoms with Gasteiger partial charge in [0.1, 0.15) is 0 Å². The van der Waals surface area contributed by atoms with Gasteiger partial charge in [0.05, 0.1) is 5.69 Å². The van der Waals surface area contributed by atoms with Gasteiger partial charge in [-0.05, 0) is 44.3 Å². The lowest BCUT2D eigenvalue weighted by molar-refractivity contribution is 0.281. The predicted molar refractivity (Wildman–Crippen MR) is 99.8 cm³/mol. The summed E-state index contributed by atoms with van der Waals surface area (Å²) in [5.41, 5.74) is 1.09. The van der Waals surface area contributed by atoms with E-state index in [1.54, 1.807) is 0 Å². The largest absolute Gasteiger partial charge is 0.341 e. The zero-order valence-corrected chi connectivity index (χ0v) is 15.3. The second kappa shape index (κ2) is 8.55. The first-order valence-corrected chi connectivity index (χ1v) is 9.71. The second-order valence-electron chi connectivity index (χ2n) is 7.29. The average Bonchev–Trinajstić information content (AvgIpc) is 2.96. The van der Waals surface area contributed by atoms with Crippen LogP contribution in [0.1, 0.15) is 25.0 Å². The Labute approximate surface area is 154 Å². The highest BCUT2D eigenvalue weighted by molar-refractivity contribution is 5.28. The molecule has 2 aliphatic rings. The fourth-order valence-electron chi connectivity index (χ4n) is 3.82. The normalized spacial score (nSPS) is 20.2. The molecule has 140 valence electrons. The molecule has 0 aliphatic carbocycles. The van der Waals surface area contributed by atoms with Crippen molar-refractivity contribution in [3.63, 3.8) is 0 Å². The molecule has 0 unspecified atom stereocenters. The van der Waals surface area contributed by atoms with Crippen LogP contribution in [-0.2, 0) is 13.1 Å². The van der Waals surface area contributed by atoms with Crippen LogP contribution >= 0.6 is 0 Å². The number of rotatable bonds is 5. The quantitative estimate of drug-likeness (QED) is 0.848. The van der Waals surface area contributed by atoms with Crippen molar-refractivity contribution in [2.45, 2.75) is 32.4 Å². The maximum atomic E-state index is 4.39. The SMILES string of the molecule is c1cnc(N2CCC(Cn3cc(CN4CCCNCC4)nn3)CC2)nc1. The first-order valence-electron chi connectivity index (χ1n) is 9.71. The van der Waals surface area contributed by atoms with E-state index in [0.717, 1.165) is 76.8 Å². The van der Waals surface area contributed by atoms with Crippen LogP contribution in [0.4, 0.5) is 5.95 Å². The van der Waals surface area contributed by atoms with Gasteiger partial charge in [0, 0.05) is 57.9 Å². The minimum atomic E-state index is 0.645. The minimum Gasteiger partial charge on any atom is -0.341 e.